The summed E-state index contributed by atoms with van der Waals surface area (Å²) in [6, 6.07) is 5.12. The molecule has 1 aliphatic rings. The summed E-state index contributed by atoms with van der Waals surface area (Å²) >= 11 is 0. The Hall–Kier alpha value is -1.02. The van der Waals surface area contributed by atoms with Crippen molar-refractivity contribution >= 4 is 0 Å². The van der Waals surface area contributed by atoms with Gasteiger partial charge in [0.25, 0.3) is 0 Å². The van der Waals surface area contributed by atoms with Crippen LogP contribution < -0.4 is 10.1 Å². The SMILES string of the molecule is Cc1cc(C)c(C)c(OCC(C)(C)CNC2CC2)c1. The molecule has 2 rings (SSSR count). The molecule has 0 aromatic heterocycles. The van der Waals surface area contributed by atoms with Crippen LogP contribution in [0.3, 0.4) is 0 Å². The van der Waals surface area contributed by atoms with E-state index in [1.807, 2.05) is 0 Å². The molecule has 106 valence electrons. The van der Waals surface area contributed by atoms with Gasteiger partial charge in [0.15, 0.2) is 0 Å². The van der Waals surface area contributed by atoms with Gasteiger partial charge in [-0.2, -0.15) is 0 Å². The third-order valence-corrected chi connectivity index (χ3v) is 3.83. The first kappa shape index (κ1) is 14.4. The van der Waals surface area contributed by atoms with Crippen molar-refractivity contribution in [3.63, 3.8) is 0 Å². The molecular weight excluding hydrogens is 234 g/mol. The van der Waals surface area contributed by atoms with E-state index in [1.165, 1.54) is 29.5 Å². The van der Waals surface area contributed by atoms with Crippen LogP contribution in [0.1, 0.15) is 43.4 Å². The minimum atomic E-state index is 0.173. The first-order valence-corrected chi connectivity index (χ1v) is 7.31. The second-order valence-corrected chi connectivity index (χ2v) is 6.81. The molecule has 0 heterocycles. The van der Waals surface area contributed by atoms with Gasteiger partial charge in [0.2, 0.25) is 0 Å². The van der Waals surface area contributed by atoms with Crippen molar-refractivity contribution < 1.29 is 4.74 Å². The van der Waals surface area contributed by atoms with Crippen molar-refractivity contribution in [3.05, 3.63) is 28.8 Å². The fourth-order valence-electron chi connectivity index (χ4n) is 2.18. The summed E-state index contributed by atoms with van der Waals surface area (Å²) < 4.78 is 6.08. The van der Waals surface area contributed by atoms with E-state index in [0.717, 1.165) is 24.9 Å². The molecule has 1 N–H and O–H groups in total. The van der Waals surface area contributed by atoms with Gasteiger partial charge >= 0.3 is 0 Å². The fourth-order valence-corrected chi connectivity index (χ4v) is 2.18. The molecule has 0 radical (unpaired) electrons. The first-order chi connectivity index (χ1) is 8.87. The number of aryl methyl sites for hydroxylation is 2. The Morgan fingerprint density at radius 2 is 1.89 bits per heavy atom. The highest BCUT2D eigenvalue weighted by atomic mass is 16.5. The molecule has 0 aliphatic heterocycles. The van der Waals surface area contributed by atoms with Crippen molar-refractivity contribution in [2.24, 2.45) is 5.41 Å². The predicted octanol–water partition coefficient (Wildman–Crippen LogP) is 3.77. The van der Waals surface area contributed by atoms with E-state index < -0.39 is 0 Å². The predicted molar refractivity (Wildman–Crippen MR) is 81.0 cm³/mol. The van der Waals surface area contributed by atoms with Crippen LogP contribution >= 0.6 is 0 Å². The third kappa shape index (κ3) is 4.24. The number of nitrogens with one attached hydrogen (secondary N) is 1. The lowest BCUT2D eigenvalue weighted by atomic mass is 9.94. The minimum Gasteiger partial charge on any atom is -0.493 e. The maximum absolute atomic E-state index is 6.08. The Kier molecular flexibility index (Phi) is 4.19. The Morgan fingerprint density at radius 3 is 2.53 bits per heavy atom. The number of rotatable bonds is 6. The summed E-state index contributed by atoms with van der Waals surface area (Å²) in [5, 5.41) is 3.59. The summed E-state index contributed by atoms with van der Waals surface area (Å²) in [6.07, 6.45) is 2.68. The standard InChI is InChI=1S/C17H27NO/c1-12-8-13(2)14(3)16(9-12)19-11-17(4,5)10-18-15-6-7-15/h8-9,15,18H,6-7,10-11H2,1-5H3. The van der Waals surface area contributed by atoms with Crippen LogP contribution in [0, 0.1) is 26.2 Å². The highest BCUT2D eigenvalue weighted by molar-refractivity contribution is 5.41. The summed E-state index contributed by atoms with van der Waals surface area (Å²) in [4.78, 5) is 0. The summed E-state index contributed by atoms with van der Waals surface area (Å²) in [6.45, 7) is 12.7. The largest absolute Gasteiger partial charge is 0.493 e. The zero-order valence-corrected chi connectivity index (χ0v) is 13.0. The van der Waals surface area contributed by atoms with Gasteiger partial charge in [0, 0.05) is 18.0 Å². The molecule has 1 fully saturated rings. The zero-order chi connectivity index (χ0) is 14.0. The Labute approximate surface area is 117 Å². The van der Waals surface area contributed by atoms with Gasteiger partial charge in [-0.25, -0.2) is 0 Å². The van der Waals surface area contributed by atoms with Gasteiger partial charge in [-0.3, -0.25) is 0 Å². The number of hydrogen-bond acceptors (Lipinski definition) is 2. The van der Waals surface area contributed by atoms with Crippen molar-refractivity contribution in [3.8, 4) is 5.75 Å². The average Bonchev–Trinajstić information content (AvgIpc) is 3.13. The fraction of sp³-hybridized carbons (Fsp3) is 0.647. The smallest absolute Gasteiger partial charge is 0.122 e. The molecule has 0 atom stereocenters. The van der Waals surface area contributed by atoms with E-state index in [4.69, 9.17) is 4.74 Å². The molecule has 1 aromatic carbocycles. The lowest BCUT2D eigenvalue weighted by Crippen LogP contribution is -2.35. The normalized spacial score (nSPS) is 15.6. The Bertz CT molecular complexity index is 447. The first-order valence-electron chi connectivity index (χ1n) is 7.31. The molecule has 0 unspecified atom stereocenters. The molecule has 0 spiro atoms. The van der Waals surface area contributed by atoms with Crippen LogP contribution in [-0.2, 0) is 0 Å². The summed E-state index contributed by atoms with van der Waals surface area (Å²) in [7, 11) is 0. The van der Waals surface area contributed by atoms with Crippen LogP contribution in [0.4, 0.5) is 0 Å². The Balaban J connectivity index is 1.93. The van der Waals surface area contributed by atoms with Gasteiger partial charge in [0.1, 0.15) is 5.75 Å². The molecule has 0 saturated heterocycles. The molecule has 1 saturated carbocycles. The average molecular weight is 261 g/mol. The number of benzene rings is 1. The zero-order valence-electron chi connectivity index (χ0n) is 13.0. The van der Waals surface area contributed by atoms with Crippen LogP contribution in [-0.4, -0.2) is 19.2 Å². The van der Waals surface area contributed by atoms with Crippen LogP contribution in [0.25, 0.3) is 0 Å². The molecule has 1 aliphatic carbocycles. The summed E-state index contributed by atoms with van der Waals surface area (Å²) in [5.74, 6) is 1.04. The van der Waals surface area contributed by atoms with Gasteiger partial charge in [-0.05, 0) is 56.4 Å². The Morgan fingerprint density at radius 1 is 1.21 bits per heavy atom. The van der Waals surface area contributed by atoms with E-state index in [1.54, 1.807) is 0 Å². The maximum atomic E-state index is 6.08. The van der Waals surface area contributed by atoms with Gasteiger partial charge in [-0.15, -0.1) is 0 Å². The summed E-state index contributed by atoms with van der Waals surface area (Å²) in [5.41, 5.74) is 4.01. The monoisotopic (exact) mass is 261 g/mol. The van der Waals surface area contributed by atoms with Crippen molar-refractivity contribution in [1.82, 2.24) is 5.32 Å². The van der Waals surface area contributed by atoms with Gasteiger partial charge < -0.3 is 10.1 Å². The van der Waals surface area contributed by atoms with Crippen LogP contribution in [0.15, 0.2) is 12.1 Å². The lowest BCUT2D eigenvalue weighted by molar-refractivity contribution is 0.175. The maximum Gasteiger partial charge on any atom is 0.122 e. The van der Waals surface area contributed by atoms with E-state index in [2.05, 4.69) is 52.1 Å². The highest BCUT2D eigenvalue weighted by Crippen LogP contribution is 2.26. The van der Waals surface area contributed by atoms with Gasteiger partial charge in [0.05, 0.1) is 6.61 Å². The van der Waals surface area contributed by atoms with E-state index in [0.29, 0.717) is 0 Å². The molecule has 2 heteroatoms. The number of ether oxygens (including phenoxy) is 1. The highest BCUT2D eigenvalue weighted by Gasteiger charge is 2.26. The van der Waals surface area contributed by atoms with E-state index >= 15 is 0 Å². The van der Waals surface area contributed by atoms with Crippen molar-refractivity contribution in [2.75, 3.05) is 13.2 Å². The molecule has 19 heavy (non-hydrogen) atoms. The van der Waals surface area contributed by atoms with E-state index in [9.17, 15) is 0 Å². The quantitative estimate of drug-likeness (QED) is 0.841. The lowest BCUT2D eigenvalue weighted by Gasteiger charge is -2.26. The van der Waals surface area contributed by atoms with Crippen LogP contribution in [0.5, 0.6) is 5.75 Å². The number of hydrogen-bond donors (Lipinski definition) is 1. The molecule has 1 aromatic rings. The molecule has 2 nitrogen and oxygen atoms in total. The minimum absolute atomic E-state index is 0.173. The van der Waals surface area contributed by atoms with Crippen molar-refractivity contribution in [2.45, 2.75) is 53.5 Å². The van der Waals surface area contributed by atoms with Crippen molar-refractivity contribution in [1.29, 1.82) is 0 Å². The second kappa shape index (κ2) is 5.54. The molecular formula is C17H27NO. The second-order valence-electron chi connectivity index (χ2n) is 6.81. The molecule has 0 bridgehead atoms. The third-order valence-electron chi connectivity index (χ3n) is 3.83. The topological polar surface area (TPSA) is 21.3 Å². The van der Waals surface area contributed by atoms with Crippen LogP contribution in [0.2, 0.25) is 0 Å². The molecule has 0 amide bonds. The van der Waals surface area contributed by atoms with Gasteiger partial charge in [-0.1, -0.05) is 19.9 Å². The van der Waals surface area contributed by atoms with E-state index in [-0.39, 0.29) is 5.41 Å².